The number of fused-ring (bicyclic) bond motifs is 2. The number of allylic oxidation sites excluding steroid dienone is 5. The van der Waals surface area contributed by atoms with Crippen LogP contribution < -0.4 is 9.80 Å². The van der Waals surface area contributed by atoms with Crippen LogP contribution in [-0.2, 0) is 6.42 Å². The lowest BCUT2D eigenvalue weighted by Crippen LogP contribution is -2.17. The molecule has 250 valence electrons. The highest BCUT2D eigenvalue weighted by Gasteiger charge is 2.23. The molecule has 2 heteroatoms. The minimum absolute atomic E-state index is 1.02. The van der Waals surface area contributed by atoms with Gasteiger partial charge in [-0.25, -0.2) is 0 Å². The monoisotopic (exact) mass is 668 g/mol. The molecule has 7 aromatic carbocycles. The van der Waals surface area contributed by atoms with Crippen LogP contribution in [0.5, 0.6) is 0 Å². The first-order valence-electron chi connectivity index (χ1n) is 18.4. The summed E-state index contributed by atoms with van der Waals surface area (Å²) in [5.41, 5.74) is 15.0. The summed E-state index contributed by atoms with van der Waals surface area (Å²) in [5.74, 6) is 0. The Balaban J connectivity index is 1.15. The topological polar surface area (TPSA) is 6.48 Å². The summed E-state index contributed by atoms with van der Waals surface area (Å²) >= 11 is 0. The number of nitrogens with zero attached hydrogens (tertiary/aromatic N) is 2. The van der Waals surface area contributed by atoms with Crippen LogP contribution in [0.3, 0.4) is 0 Å². The number of anilines is 5. The number of benzene rings is 7. The summed E-state index contributed by atoms with van der Waals surface area (Å²) in [6.45, 7) is 0. The van der Waals surface area contributed by atoms with Gasteiger partial charge in [0.1, 0.15) is 0 Å². The van der Waals surface area contributed by atoms with Crippen molar-refractivity contribution >= 4 is 45.3 Å². The number of para-hydroxylation sites is 3. The van der Waals surface area contributed by atoms with Gasteiger partial charge in [-0.2, -0.15) is 0 Å². The second kappa shape index (κ2) is 14.1. The Hall–Kier alpha value is -6.38. The standard InChI is InChI=1S/C50H40N2/c1-5-17-39(18-6-1)51(40-19-7-2-8-20-40)43-33-29-37(30-34-43)49-45-25-13-15-27-47(45)50(48-28-16-14-26-46(48)49)38-31-35-44(36-32-38)52(41-21-9-3-10-22-41)42-23-11-4-12-24-42/h1-11,13-15,17-23,25-27,29-36H,12,16,24,28H2. The number of rotatable bonds is 8. The van der Waals surface area contributed by atoms with Gasteiger partial charge in [-0.1, -0.05) is 127 Å². The van der Waals surface area contributed by atoms with E-state index in [0.717, 1.165) is 42.7 Å². The molecule has 2 aliphatic rings. The maximum atomic E-state index is 2.41. The Morgan fingerprint density at radius 3 is 1.40 bits per heavy atom. The van der Waals surface area contributed by atoms with Crippen LogP contribution in [0.15, 0.2) is 194 Å². The maximum absolute atomic E-state index is 2.41. The first-order valence-corrected chi connectivity index (χ1v) is 18.4. The fraction of sp³-hybridized carbons (Fsp3) is 0.0800. The molecule has 0 saturated heterocycles. The van der Waals surface area contributed by atoms with Crippen molar-refractivity contribution in [3.8, 4) is 22.3 Å². The Morgan fingerprint density at radius 2 is 0.846 bits per heavy atom. The van der Waals surface area contributed by atoms with Crippen LogP contribution >= 0.6 is 0 Å². The normalized spacial score (nSPS) is 13.4. The zero-order valence-corrected chi connectivity index (χ0v) is 29.2. The van der Waals surface area contributed by atoms with Crippen molar-refractivity contribution in [2.24, 2.45) is 0 Å². The van der Waals surface area contributed by atoms with Gasteiger partial charge in [0, 0.05) is 34.1 Å². The van der Waals surface area contributed by atoms with E-state index in [1.807, 2.05) is 0 Å². The minimum Gasteiger partial charge on any atom is -0.314 e. The minimum atomic E-state index is 1.02. The Kier molecular flexibility index (Phi) is 8.56. The van der Waals surface area contributed by atoms with E-state index in [0.29, 0.717) is 0 Å². The average Bonchev–Trinajstić information content (AvgIpc) is 3.22. The molecular formula is C50H40N2. The second-order valence-electron chi connectivity index (χ2n) is 13.5. The molecular weight excluding hydrogens is 629 g/mol. The first kappa shape index (κ1) is 31.6. The fourth-order valence-corrected chi connectivity index (χ4v) is 8.02. The molecule has 0 fully saturated rings. The molecule has 0 atom stereocenters. The van der Waals surface area contributed by atoms with Crippen molar-refractivity contribution in [3.05, 3.63) is 205 Å². The SMILES string of the molecule is C1=CCCC(N(c2ccccc2)c2ccc(-c3c4c(c(-c5ccc(N(c6ccccc6)c6ccccc6)cc5)c5ccccc35)C=CCC4)cc2)=C1. The van der Waals surface area contributed by atoms with Crippen molar-refractivity contribution in [1.29, 1.82) is 0 Å². The molecule has 0 radical (unpaired) electrons. The van der Waals surface area contributed by atoms with Crippen LogP contribution in [0, 0.1) is 0 Å². The predicted molar refractivity (Wildman–Crippen MR) is 222 cm³/mol. The predicted octanol–water partition coefficient (Wildman–Crippen LogP) is 14.0. The van der Waals surface area contributed by atoms with Crippen LogP contribution in [0.4, 0.5) is 28.4 Å². The van der Waals surface area contributed by atoms with Gasteiger partial charge in [0.25, 0.3) is 0 Å². The average molecular weight is 669 g/mol. The van der Waals surface area contributed by atoms with E-state index in [-0.39, 0.29) is 0 Å². The largest absolute Gasteiger partial charge is 0.314 e. The smallest absolute Gasteiger partial charge is 0.0462 e. The molecule has 52 heavy (non-hydrogen) atoms. The fourth-order valence-electron chi connectivity index (χ4n) is 8.02. The molecule has 0 N–H and O–H groups in total. The molecule has 0 unspecified atom stereocenters. The number of hydrogen-bond donors (Lipinski definition) is 0. The van der Waals surface area contributed by atoms with Gasteiger partial charge in [0.05, 0.1) is 0 Å². The maximum Gasteiger partial charge on any atom is 0.0462 e. The van der Waals surface area contributed by atoms with E-state index < -0.39 is 0 Å². The van der Waals surface area contributed by atoms with E-state index in [1.54, 1.807) is 0 Å². The third kappa shape index (κ3) is 5.93. The van der Waals surface area contributed by atoms with Crippen LogP contribution in [0.25, 0.3) is 39.1 Å². The van der Waals surface area contributed by atoms with E-state index in [1.165, 1.54) is 61.2 Å². The van der Waals surface area contributed by atoms with Gasteiger partial charge in [-0.05, 0) is 137 Å². The quantitative estimate of drug-likeness (QED) is 0.159. The van der Waals surface area contributed by atoms with E-state index in [2.05, 4.69) is 204 Å². The zero-order chi connectivity index (χ0) is 34.7. The molecule has 9 rings (SSSR count). The highest BCUT2D eigenvalue weighted by atomic mass is 15.1. The van der Waals surface area contributed by atoms with Crippen molar-refractivity contribution < 1.29 is 0 Å². The van der Waals surface area contributed by atoms with Gasteiger partial charge in [-0.15, -0.1) is 0 Å². The highest BCUT2D eigenvalue weighted by Crippen LogP contribution is 2.46. The lowest BCUT2D eigenvalue weighted by Gasteiger charge is -2.29. The van der Waals surface area contributed by atoms with Gasteiger partial charge in [0.15, 0.2) is 0 Å². The van der Waals surface area contributed by atoms with E-state index in [4.69, 9.17) is 0 Å². The Labute approximate surface area is 306 Å². The van der Waals surface area contributed by atoms with Crippen molar-refractivity contribution in [2.75, 3.05) is 9.80 Å². The molecule has 0 saturated carbocycles. The molecule has 0 spiro atoms. The lowest BCUT2D eigenvalue weighted by molar-refractivity contribution is 0.917. The van der Waals surface area contributed by atoms with E-state index in [9.17, 15) is 0 Å². The van der Waals surface area contributed by atoms with Crippen LogP contribution in [0.2, 0.25) is 0 Å². The van der Waals surface area contributed by atoms with Crippen molar-refractivity contribution in [2.45, 2.75) is 25.7 Å². The third-order valence-corrected chi connectivity index (χ3v) is 10.4. The van der Waals surface area contributed by atoms with E-state index >= 15 is 0 Å². The second-order valence-corrected chi connectivity index (χ2v) is 13.5. The zero-order valence-electron chi connectivity index (χ0n) is 29.2. The summed E-state index contributed by atoms with van der Waals surface area (Å²) in [6, 6.07) is 59.4. The molecule has 0 heterocycles. The summed E-state index contributed by atoms with van der Waals surface area (Å²) < 4.78 is 0. The van der Waals surface area contributed by atoms with Crippen molar-refractivity contribution in [3.63, 3.8) is 0 Å². The lowest BCUT2D eigenvalue weighted by atomic mass is 9.80. The molecule has 0 aromatic heterocycles. The molecule has 0 amide bonds. The first-order chi connectivity index (χ1) is 25.8. The molecule has 0 aliphatic heterocycles. The number of hydrogen-bond acceptors (Lipinski definition) is 2. The van der Waals surface area contributed by atoms with Crippen LogP contribution in [0.1, 0.15) is 30.4 Å². The third-order valence-electron chi connectivity index (χ3n) is 10.4. The summed E-state index contributed by atoms with van der Waals surface area (Å²) in [5, 5.41) is 2.59. The van der Waals surface area contributed by atoms with Gasteiger partial charge in [0.2, 0.25) is 0 Å². The summed E-state index contributed by atoms with van der Waals surface area (Å²) in [4.78, 5) is 4.73. The Morgan fingerprint density at radius 1 is 0.385 bits per heavy atom. The van der Waals surface area contributed by atoms with Gasteiger partial charge in [-0.3, -0.25) is 0 Å². The molecule has 0 bridgehead atoms. The summed E-state index contributed by atoms with van der Waals surface area (Å²) in [7, 11) is 0. The molecule has 2 aliphatic carbocycles. The van der Waals surface area contributed by atoms with Gasteiger partial charge >= 0.3 is 0 Å². The van der Waals surface area contributed by atoms with Gasteiger partial charge < -0.3 is 9.80 Å². The van der Waals surface area contributed by atoms with Crippen molar-refractivity contribution in [1.82, 2.24) is 0 Å². The summed E-state index contributed by atoms with van der Waals surface area (Å²) in [6.07, 6.45) is 15.6. The molecule has 7 aromatic rings. The highest BCUT2D eigenvalue weighted by molar-refractivity contribution is 6.10. The molecule has 2 nitrogen and oxygen atoms in total. The Bertz CT molecular complexity index is 2380. The van der Waals surface area contributed by atoms with Crippen LogP contribution in [-0.4, -0.2) is 0 Å².